The zero-order valence-corrected chi connectivity index (χ0v) is 10.4. The number of hydrogen-bond donors (Lipinski definition) is 1. The largest absolute Gasteiger partial charge is 0.368 e. The van der Waals surface area contributed by atoms with Crippen molar-refractivity contribution in [1.82, 2.24) is 5.32 Å². The van der Waals surface area contributed by atoms with E-state index in [2.05, 4.69) is 10.3 Å². The van der Waals surface area contributed by atoms with Gasteiger partial charge >= 0.3 is 0 Å². The van der Waals surface area contributed by atoms with Crippen molar-refractivity contribution in [2.75, 3.05) is 19.7 Å². The van der Waals surface area contributed by atoms with E-state index in [0.29, 0.717) is 18.7 Å². The van der Waals surface area contributed by atoms with Crippen LogP contribution in [0.2, 0.25) is 0 Å². The Kier molecular flexibility index (Phi) is 2.97. The lowest BCUT2D eigenvalue weighted by Crippen LogP contribution is -2.23. The van der Waals surface area contributed by atoms with Crippen LogP contribution in [-0.4, -0.2) is 37.3 Å². The van der Waals surface area contributed by atoms with Crippen LogP contribution < -0.4 is 5.32 Å². The van der Waals surface area contributed by atoms with Gasteiger partial charge in [0.2, 0.25) is 0 Å². The van der Waals surface area contributed by atoms with E-state index in [1.807, 2.05) is 25.2 Å². The topological polar surface area (TPSA) is 50.7 Å². The number of Topliss-reactive ketones (excluding diaryl/α,β-unsaturated/α-hetero) is 1. The van der Waals surface area contributed by atoms with Crippen molar-refractivity contribution in [2.45, 2.75) is 19.4 Å². The second-order valence-corrected chi connectivity index (χ2v) is 4.57. The number of allylic oxidation sites excluding steroid dienone is 4. The molecule has 0 spiro atoms. The van der Waals surface area contributed by atoms with Crippen LogP contribution in [0.5, 0.6) is 0 Å². The molecule has 1 unspecified atom stereocenters. The van der Waals surface area contributed by atoms with E-state index in [1.54, 1.807) is 0 Å². The minimum atomic E-state index is 0.0290. The molecule has 1 atom stereocenters. The fourth-order valence-corrected chi connectivity index (χ4v) is 2.42. The number of hydrogen-bond acceptors (Lipinski definition) is 4. The molecule has 1 fully saturated rings. The van der Waals surface area contributed by atoms with Crippen molar-refractivity contribution in [2.24, 2.45) is 4.99 Å². The first-order valence-electron chi connectivity index (χ1n) is 6.37. The summed E-state index contributed by atoms with van der Waals surface area (Å²) in [6, 6.07) is 0. The Morgan fingerprint density at radius 2 is 2.50 bits per heavy atom. The van der Waals surface area contributed by atoms with Crippen molar-refractivity contribution >= 4 is 11.5 Å². The number of carbonyl (C=O) groups excluding carboxylic acids is 1. The first kappa shape index (κ1) is 11.6. The molecule has 0 radical (unpaired) electrons. The lowest BCUT2D eigenvalue weighted by molar-refractivity contribution is -0.115. The quantitative estimate of drug-likeness (QED) is 0.793. The predicted octanol–water partition coefficient (Wildman–Crippen LogP) is 1.16. The molecule has 3 rings (SSSR count). The predicted molar refractivity (Wildman–Crippen MR) is 69.6 cm³/mol. The Bertz CT molecular complexity index is 512. The third-order valence-electron chi connectivity index (χ3n) is 3.41. The number of rotatable bonds is 2. The zero-order chi connectivity index (χ0) is 12.5. The lowest BCUT2D eigenvalue weighted by atomic mass is 9.93. The summed E-state index contributed by atoms with van der Waals surface area (Å²) in [5.74, 6) is 0.0949. The second kappa shape index (κ2) is 4.63. The molecular weight excluding hydrogens is 228 g/mol. The number of ether oxygens (including phenoxy) is 1. The second-order valence-electron chi connectivity index (χ2n) is 4.57. The van der Waals surface area contributed by atoms with Gasteiger partial charge in [-0.3, -0.25) is 4.79 Å². The van der Waals surface area contributed by atoms with Crippen LogP contribution in [0.3, 0.4) is 0 Å². The van der Waals surface area contributed by atoms with E-state index in [1.165, 1.54) is 5.57 Å². The Balaban J connectivity index is 2.00. The van der Waals surface area contributed by atoms with E-state index in [9.17, 15) is 4.79 Å². The number of fused-ring (bicyclic) bond motifs is 2. The van der Waals surface area contributed by atoms with Crippen molar-refractivity contribution in [1.29, 1.82) is 0 Å². The number of ketones is 1. The van der Waals surface area contributed by atoms with Gasteiger partial charge in [-0.25, -0.2) is 4.99 Å². The molecule has 0 aromatic carbocycles. The monoisotopic (exact) mass is 244 g/mol. The molecule has 0 amide bonds. The maximum Gasteiger partial charge on any atom is 0.180 e. The van der Waals surface area contributed by atoms with Crippen molar-refractivity contribution in [3.05, 3.63) is 35.1 Å². The van der Waals surface area contributed by atoms with Crippen LogP contribution in [0.25, 0.3) is 0 Å². The average molecular weight is 244 g/mol. The smallest absolute Gasteiger partial charge is 0.180 e. The van der Waals surface area contributed by atoms with Crippen LogP contribution in [0, 0.1) is 0 Å². The fourth-order valence-electron chi connectivity index (χ4n) is 2.42. The van der Waals surface area contributed by atoms with Gasteiger partial charge in [0.15, 0.2) is 5.78 Å². The highest BCUT2D eigenvalue weighted by atomic mass is 16.5. The molecule has 4 nitrogen and oxygen atoms in total. The van der Waals surface area contributed by atoms with Crippen molar-refractivity contribution < 1.29 is 9.53 Å². The summed E-state index contributed by atoms with van der Waals surface area (Å²) >= 11 is 0. The molecule has 0 aromatic rings. The van der Waals surface area contributed by atoms with Crippen LogP contribution in [0.1, 0.15) is 13.3 Å². The normalized spacial score (nSPS) is 26.2. The molecular formula is C14H16N2O2. The van der Waals surface area contributed by atoms with E-state index in [-0.39, 0.29) is 11.9 Å². The number of carbonyl (C=O) groups is 1. The van der Waals surface area contributed by atoms with Gasteiger partial charge < -0.3 is 10.1 Å². The molecule has 0 bridgehead atoms. The maximum absolute atomic E-state index is 11.7. The Morgan fingerprint density at radius 3 is 3.33 bits per heavy atom. The molecule has 0 saturated carbocycles. The van der Waals surface area contributed by atoms with Crippen molar-refractivity contribution in [3.8, 4) is 0 Å². The Labute approximate surface area is 106 Å². The van der Waals surface area contributed by atoms with Crippen molar-refractivity contribution in [3.63, 3.8) is 0 Å². The summed E-state index contributed by atoms with van der Waals surface area (Å²) in [6.45, 7) is 4.23. The third kappa shape index (κ3) is 1.87. The lowest BCUT2D eigenvalue weighted by Gasteiger charge is -2.20. The average Bonchev–Trinajstić information content (AvgIpc) is 2.69. The highest BCUT2D eigenvalue weighted by Gasteiger charge is 2.28. The van der Waals surface area contributed by atoms with Gasteiger partial charge in [-0.1, -0.05) is 6.92 Å². The Hall–Kier alpha value is -1.52. The number of nitrogens with one attached hydrogen (secondary N) is 1. The maximum atomic E-state index is 11.7. The zero-order valence-electron chi connectivity index (χ0n) is 10.4. The summed E-state index contributed by atoms with van der Waals surface area (Å²) in [5.41, 5.74) is 3.72. The highest BCUT2D eigenvalue weighted by molar-refractivity contribution is 6.18. The molecule has 2 heterocycles. The number of aliphatic imine (C=N–C) groups is 1. The molecule has 3 aliphatic rings. The fraction of sp³-hybridized carbons (Fsp3) is 0.429. The van der Waals surface area contributed by atoms with E-state index in [4.69, 9.17) is 4.74 Å². The molecule has 4 heteroatoms. The van der Waals surface area contributed by atoms with Crippen LogP contribution in [0.4, 0.5) is 0 Å². The third-order valence-corrected chi connectivity index (χ3v) is 3.41. The van der Waals surface area contributed by atoms with Gasteiger partial charge in [0.05, 0.1) is 18.4 Å². The highest BCUT2D eigenvalue weighted by Crippen LogP contribution is 2.28. The molecule has 0 aromatic heterocycles. The van der Waals surface area contributed by atoms with Gasteiger partial charge in [-0.2, -0.15) is 0 Å². The van der Waals surface area contributed by atoms with Crippen LogP contribution in [0.15, 0.2) is 40.1 Å². The van der Waals surface area contributed by atoms with Gasteiger partial charge in [0.1, 0.15) is 5.70 Å². The molecule has 1 aliphatic carbocycles. The molecule has 18 heavy (non-hydrogen) atoms. The standard InChI is InChI=1S/C14H16N2O2/c1-2-13(17)12-7-9-10-8-15-5-6-18-14(10)4-3-11(9)16-12/h3-4,7,14-15H,2,5-6,8H2,1H3. The van der Waals surface area contributed by atoms with Gasteiger partial charge in [-0.15, -0.1) is 0 Å². The number of nitrogens with zero attached hydrogens (tertiary/aromatic N) is 1. The summed E-state index contributed by atoms with van der Waals surface area (Å²) in [7, 11) is 0. The Morgan fingerprint density at radius 1 is 1.61 bits per heavy atom. The molecule has 94 valence electrons. The molecule has 1 N–H and O–H groups in total. The summed E-state index contributed by atoms with van der Waals surface area (Å²) in [4.78, 5) is 16.1. The summed E-state index contributed by atoms with van der Waals surface area (Å²) in [6.07, 6.45) is 6.41. The SMILES string of the molecule is CCC(=O)C1=CC2=C3CNCCOC3C=CC2=N1. The summed E-state index contributed by atoms with van der Waals surface area (Å²) in [5, 5.41) is 3.33. The van der Waals surface area contributed by atoms with E-state index in [0.717, 1.165) is 24.4 Å². The minimum Gasteiger partial charge on any atom is -0.368 e. The summed E-state index contributed by atoms with van der Waals surface area (Å²) < 4.78 is 5.76. The van der Waals surface area contributed by atoms with Gasteiger partial charge in [-0.05, 0) is 23.8 Å². The van der Waals surface area contributed by atoms with Crippen LogP contribution in [-0.2, 0) is 9.53 Å². The molecule has 2 aliphatic heterocycles. The minimum absolute atomic E-state index is 0.0290. The van der Waals surface area contributed by atoms with E-state index >= 15 is 0 Å². The van der Waals surface area contributed by atoms with Gasteiger partial charge in [0, 0.05) is 25.1 Å². The first-order valence-corrected chi connectivity index (χ1v) is 6.37. The van der Waals surface area contributed by atoms with Crippen LogP contribution >= 0.6 is 0 Å². The first-order chi connectivity index (χ1) is 8.79. The molecule has 1 saturated heterocycles. The van der Waals surface area contributed by atoms with E-state index < -0.39 is 0 Å². The van der Waals surface area contributed by atoms with Gasteiger partial charge in [0.25, 0.3) is 0 Å².